The van der Waals surface area contributed by atoms with Crippen molar-refractivity contribution in [2.45, 2.75) is 65.6 Å². The van der Waals surface area contributed by atoms with E-state index in [1.165, 1.54) is 18.2 Å². The van der Waals surface area contributed by atoms with Crippen LogP contribution in [0.1, 0.15) is 64.7 Å². The summed E-state index contributed by atoms with van der Waals surface area (Å²) in [6.45, 7) is 12.1. The molecule has 0 bridgehead atoms. The van der Waals surface area contributed by atoms with Crippen LogP contribution in [0.15, 0.2) is 60.2 Å². The molecule has 0 heterocycles. The van der Waals surface area contributed by atoms with Crippen molar-refractivity contribution in [1.82, 2.24) is 0 Å². The number of carboxylic acids is 1. The van der Waals surface area contributed by atoms with Crippen LogP contribution in [-0.2, 0) is 14.3 Å². The largest absolute Gasteiger partial charge is 0.493 e. The van der Waals surface area contributed by atoms with Crippen molar-refractivity contribution in [2.24, 2.45) is 0 Å². The third-order valence-corrected chi connectivity index (χ3v) is 4.55. The summed E-state index contributed by atoms with van der Waals surface area (Å²) in [5.41, 5.74) is -0.130. The number of rotatable bonds is 13. The fraction of sp³-hybridized carbons (Fsp3) is 0.462. The number of carbonyl (C=O) groups excluding carboxylic acids is 1. The molecule has 0 aliphatic heterocycles. The standard InChI is InChI=1S/C26H36O6/c1-7-9-10-20(8-2)11-16-23(27)32-26(5,6)19-31-25(3,4)17-18-30-22-14-12-21(13-15-22)24(28)29/h8-16H,7,17-19H2,1-6H3,(H,28,29)/b10-9-,16-11+,20-8+. The number of ether oxygens (including phenoxy) is 3. The fourth-order valence-electron chi connectivity index (χ4n) is 2.55. The second-order valence-electron chi connectivity index (χ2n) is 8.59. The average Bonchev–Trinajstić information content (AvgIpc) is 2.72. The van der Waals surface area contributed by atoms with Crippen molar-refractivity contribution in [1.29, 1.82) is 0 Å². The summed E-state index contributed by atoms with van der Waals surface area (Å²) in [5, 5.41) is 8.94. The molecule has 1 N–H and O–H groups in total. The Hall–Kier alpha value is -2.86. The zero-order chi connectivity index (χ0) is 24.2. The van der Waals surface area contributed by atoms with Gasteiger partial charge in [0.2, 0.25) is 0 Å². The normalized spacial score (nSPS) is 13.0. The molecule has 0 amide bonds. The summed E-state index contributed by atoms with van der Waals surface area (Å²) in [5.74, 6) is -0.796. The van der Waals surface area contributed by atoms with E-state index in [4.69, 9.17) is 19.3 Å². The van der Waals surface area contributed by atoms with E-state index < -0.39 is 23.1 Å². The van der Waals surface area contributed by atoms with Crippen molar-refractivity contribution in [3.05, 3.63) is 65.8 Å². The molecule has 1 aromatic rings. The van der Waals surface area contributed by atoms with Gasteiger partial charge in [0.1, 0.15) is 11.4 Å². The van der Waals surface area contributed by atoms with Crippen molar-refractivity contribution in [3.63, 3.8) is 0 Å². The van der Waals surface area contributed by atoms with Crippen LogP contribution in [0, 0.1) is 0 Å². The van der Waals surface area contributed by atoms with Gasteiger partial charge in [0.05, 0.1) is 24.4 Å². The van der Waals surface area contributed by atoms with Crippen molar-refractivity contribution in [2.75, 3.05) is 13.2 Å². The Kier molecular flexibility index (Phi) is 10.9. The summed E-state index contributed by atoms with van der Waals surface area (Å²) in [6.07, 6.45) is 10.6. The minimum atomic E-state index is -0.972. The van der Waals surface area contributed by atoms with Gasteiger partial charge in [-0.1, -0.05) is 25.2 Å². The maximum atomic E-state index is 12.2. The second kappa shape index (κ2) is 12.9. The van der Waals surface area contributed by atoms with Crippen molar-refractivity contribution >= 4 is 11.9 Å². The smallest absolute Gasteiger partial charge is 0.335 e. The van der Waals surface area contributed by atoms with Crippen LogP contribution in [0.25, 0.3) is 0 Å². The van der Waals surface area contributed by atoms with Crippen LogP contribution in [0.5, 0.6) is 5.75 Å². The van der Waals surface area contributed by atoms with E-state index in [0.29, 0.717) is 18.8 Å². The summed E-state index contributed by atoms with van der Waals surface area (Å²) in [4.78, 5) is 23.1. The Balaban J connectivity index is 2.48. The Morgan fingerprint density at radius 1 is 1.00 bits per heavy atom. The Bertz CT molecular complexity index is 828. The Morgan fingerprint density at radius 3 is 2.22 bits per heavy atom. The third-order valence-electron chi connectivity index (χ3n) is 4.55. The van der Waals surface area contributed by atoms with Gasteiger partial charge >= 0.3 is 11.9 Å². The molecule has 32 heavy (non-hydrogen) atoms. The molecule has 0 atom stereocenters. The molecule has 1 rings (SSSR count). The number of benzene rings is 1. The van der Waals surface area contributed by atoms with Crippen LogP contribution in [0.4, 0.5) is 0 Å². The summed E-state index contributed by atoms with van der Waals surface area (Å²) in [6, 6.07) is 6.27. The highest BCUT2D eigenvalue weighted by Gasteiger charge is 2.27. The quantitative estimate of drug-likeness (QED) is 0.237. The number of carboxylic acid groups (broad SMARTS) is 1. The van der Waals surface area contributed by atoms with E-state index in [0.717, 1.165) is 12.0 Å². The third kappa shape index (κ3) is 11.0. The van der Waals surface area contributed by atoms with Crippen molar-refractivity contribution in [3.8, 4) is 5.75 Å². The first-order valence-corrected chi connectivity index (χ1v) is 10.8. The molecule has 0 saturated heterocycles. The molecule has 1 aromatic carbocycles. The first-order chi connectivity index (χ1) is 15.0. The lowest BCUT2D eigenvalue weighted by atomic mass is 10.0. The zero-order valence-electron chi connectivity index (χ0n) is 20.0. The zero-order valence-corrected chi connectivity index (χ0v) is 20.0. The van der Waals surface area contributed by atoms with E-state index in [-0.39, 0.29) is 12.2 Å². The number of hydrogen-bond acceptors (Lipinski definition) is 5. The van der Waals surface area contributed by atoms with Crippen LogP contribution < -0.4 is 4.74 Å². The van der Waals surface area contributed by atoms with Crippen LogP contribution in [0.3, 0.4) is 0 Å². The predicted octanol–water partition coefficient (Wildman–Crippen LogP) is 5.74. The van der Waals surface area contributed by atoms with Gasteiger partial charge in [0, 0.05) is 12.5 Å². The maximum Gasteiger partial charge on any atom is 0.335 e. The molecular weight excluding hydrogens is 408 g/mol. The SMILES string of the molecule is C/C=C(\C=C/CC)/C=C/C(=O)OC(C)(C)COC(C)(C)CCOc1ccc(C(=O)O)cc1. The van der Waals surface area contributed by atoms with Gasteiger partial charge in [-0.15, -0.1) is 0 Å². The monoisotopic (exact) mass is 444 g/mol. The molecule has 0 unspecified atom stereocenters. The molecule has 0 aliphatic carbocycles. The molecule has 176 valence electrons. The van der Waals surface area contributed by atoms with E-state index in [9.17, 15) is 9.59 Å². The van der Waals surface area contributed by atoms with Gasteiger partial charge in [-0.2, -0.15) is 0 Å². The maximum absolute atomic E-state index is 12.2. The number of carbonyl (C=O) groups is 2. The lowest BCUT2D eigenvalue weighted by molar-refractivity contribution is -0.163. The number of esters is 1. The Labute approximate surface area is 191 Å². The highest BCUT2D eigenvalue weighted by molar-refractivity contribution is 5.87. The first kappa shape index (κ1) is 27.2. The van der Waals surface area contributed by atoms with E-state index in [1.807, 2.05) is 52.8 Å². The summed E-state index contributed by atoms with van der Waals surface area (Å²) < 4.78 is 17.2. The Morgan fingerprint density at radius 2 is 1.66 bits per heavy atom. The molecule has 0 fully saturated rings. The van der Waals surface area contributed by atoms with Crippen LogP contribution in [-0.4, -0.2) is 41.5 Å². The summed E-state index contributed by atoms with van der Waals surface area (Å²) in [7, 11) is 0. The van der Waals surface area contributed by atoms with Gasteiger partial charge in [-0.05, 0) is 77.0 Å². The van der Waals surface area contributed by atoms with E-state index in [1.54, 1.807) is 18.2 Å². The second-order valence-corrected chi connectivity index (χ2v) is 8.59. The molecule has 0 aliphatic rings. The average molecular weight is 445 g/mol. The molecule has 0 spiro atoms. The highest BCUT2D eigenvalue weighted by Crippen LogP contribution is 2.21. The van der Waals surface area contributed by atoms with Gasteiger partial charge in [-0.3, -0.25) is 0 Å². The number of aromatic carboxylic acids is 1. The first-order valence-electron chi connectivity index (χ1n) is 10.8. The van der Waals surface area contributed by atoms with Gasteiger partial charge < -0.3 is 19.3 Å². The lowest BCUT2D eigenvalue weighted by Crippen LogP contribution is -2.38. The minimum absolute atomic E-state index is 0.215. The molecule has 6 heteroatoms. The molecular formula is C26H36O6. The highest BCUT2D eigenvalue weighted by atomic mass is 16.6. The molecule has 0 aromatic heterocycles. The fourth-order valence-corrected chi connectivity index (χ4v) is 2.55. The van der Waals surface area contributed by atoms with E-state index >= 15 is 0 Å². The minimum Gasteiger partial charge on any atom is -0.493 e. The number of allylic oxidation sites excluding steroid dienone is 5. The van der Waals surface area contributed by atoms with E-state index in [2.05, 4.69) is 6.92 Å². The number of hydrogen-bond donors (Lipinski definition) is 1. The summed E-state index contributed by atoms with van der Waals surface area (Å²) >= 11 is 0. The topological polar surface area (TPSA) is 82.1 Å². The lowest BCUT2D eigenvalue weighted by Gasteiger charge is -2.31. The van der Waals surface area contributed by atoms with Gasteiger partial charge in [-0.25, -0.2) is 9.59 Å². The van der Waals surface area contributed by atoms with Crippen LogP contribution in [0.2, 0.25) is 0 Å². The van der Waals surface area contributed by atoms with Gasteiger partial charge in [0.15, 0.2) is 0 Å². The van der Waals surface area contributed by atoms with Crippen molar-refractivity contribution < 1.29 is 28.9 Å². The predicted molar refractivity (Wildman–Crippen MR) is 126 cm³/mol. The molecule has 0 radical (unpaired) electrons. The van der Waals surface area contributed by atoms with Gasteiger partial charge in [0.25, 0.3) is 0 Å². The van der Waals surface area contributed by atoms with Crippen LogP contribution >= 0.6 is 0 Å². The molecule has 0 saturated carbocycles. The molecule has 6 nitrogen and oxygen atoms in total.